The van der Waals surface area contributed by atoms with Crippen molar-refractivity contribution < 1.29 is 9.53 Å². The van der Waals surface area contributed by atoms with Crippen LogP contribution in [0.25, 0.3) is 0 Å². The Morgan fingerprint density at radius 3 is 2.37 bits per heavy atom. The van der Waals surface area contributed by atoms with E-state index in [1.165, 1.54) is 5.56 Å². The number of para-hydroxylation sites is 1. The molecule has 1 aliphatic rings. The number of ether oxygens (including phenoxy) is 1. The van der Waals surface area contributed by atoms with Crippen LogP contribution in [0.1, 0.15) is 30.4 Å². The van der Waals surface area contributed by atoms with Crippen molar-refractivity contribution in [3.05, 3.63) is 65.7 Å². The maximum absolute atomic E-state index is 12.4. The molecule has 2 aromatic carbocycles. The molecule has 2 aromatic rings. The van der Waals surface area contributed by atoms with Gasteiger partial charge in [-0.2, -0.15) is 0 Å². The van der Waals surface area contributed by atoms with Crippen LogP contribution in [0.4, 0.5) is 5.69 Å². The summed E-state index contributed by atoms with van der Waals surface area (Å²) in [6, 6.07) is 18.2. The first-order valence-electron chi connectivity index (χ1n) is 9.49. The van der Waals surface area contributed by atoms with Gasteiger partial charge in [0.1, 0.15) is 0 Å². The van der Waals surface area contributed by atoms with Crippen molar-refractivity contribution in [3.63, 3.8) is 0 Å². The van der Waals surface area contributed by atoms with E-state index in [9.17, 15) is 4.79 Å². The zero-order valence-corrected chi connectivity index (χ0v) is 16.5. The number of nitrogen functional groups attached to an aromatic ring is 1. The van der Waals surface area contributed by atoms with E-state index in [-0.39, 0.29) is 24.4 Å². The first-order valence-corrected chi connectivity index (χ1v) is 9.49. The molecule has 4 nitrogen and oxygen atoms in total. The number of amides is 1. The minimum atomic E-state index is 0. The lowest BCUT2D eigenvalue weighted by molar-refractivity contribution is -0.133. The molecule has 0 aliphatic carbocycles. The summed E-state index contributed by atoms with van der Waals surface area (Å²) in [5.74, 6) is 0.219. The molecule has 0 unspecified atom stereocenters. The number of nitrogens with two attached hydrogens (primary N) is 1. The Kier molecular flexibility index (Phi) is 8.62. The van der Waals surface area contributed by atoms with Crippen LogP contribution in [0.15, 0.2) is 54.6 Å². The summed E-state index contributed by atoms with van der Waals surface area (Å²) in [6.07, 6.45) is 4.29. The number of hydrogen-bond acceptors (Lipinski definition) is 3. The molecule has 0 bridgehead atoms. The van der Waals surface area contributed by atoms with Crippen LogP contribution in [0, 0.1) is 0 Å². The molecule has 0 atom stereocenters. The summed E-state index contributed by atoms with van der Waals surface area (Å²) in [4.78, 5) is 14.4. The normalized spacial score (nSPS) is 14.6. The molecule has 5 heteroatoms. The van der Waals surface area contributed by atoms with E-state index in [0.29, 0.717) is 12.8 Å². The SMILES string of the molecule is Cl.Nc1ccccc1CCC(=O)N1CCC(OCCc2ccccc2)CC1. The fraction of sp³-hybridized carbons (Fsp3) is 0.409. The summed E-state index contributed by atoms with van der Waals surface area (Å²) >= 11 is 0. The van der Waals surface area contributed by atoms with Gasteiger partial charge >= 0.3 is 0 Å². The third-order valence-corrected chi connectivity index (χ3v) is 5.05. The average molecular weight is 389 g/mol. The molecular weight excluding hydrogens is 360 g/mol. The highest BCUT2D eigenvalue weighted by Gasteiger charge is 2.23. The maximum atomic E-state index is 12.4. The Bertz CT molecular complexity index is 700. The second-order valence-electron chi connectivity index (χ2n) is 6.89. The van der Waals surface area contributed by atoms with E-state index < -0.39 is 0 Å². The minimum Gasteiger partial charge on any atom is -0.399 e. The van der Waals surface area contributed by atoms with Crippen LogP contribution in [0.2, 0.25) is 0 Å². The highest BCUT2D eigenvalue weighted by molar-refractivity contribution is 5.85. The number of piperidine rings is 1. The lowest BCUT2D eigenvalue weighted by Crippen LogP contribution is -2.41. The van der Waals surface area contributed by atoms with Gasteiger partial charge in [0.05, 0.1) is 12.7 Å². The number of rotatable bonds is 7. The Hall–Kier alpha value is -2.04. The Balaban J connectivity index is 0.00000261. The van der Waals surface area contributed by atoms with Gasteiger partial charge in [0.2, 0.25) is 5.91 Å². The molecule has 1 amide bonds. The Morgan fingerprint density at radius 1 is 1.00 bits per heavy atom. The monoisotopic (exact) mass is 388 g/mol. The molecule has 1 saturated heterocycles. The van der Waals surface area contributed by atoms with Gasteiger partial charge in [0.15, 0.2) is 0 Å². The molecule has 3 rings (SSSR count). The van der Waals surface area contributed by atoms with Gasteiger partial charge in [-0.25, -0.2) is 0 Å². The smallest absolute Gasteiger partial charge is 0.222 e. The van der Waals surface area contributed by atoms with Crippen molar-refractivity contribution in [2.75, 3.05) is 25.4 Å². The maximum Gasteiger partial charge on any atom is 0.222 e. The van der Waals surface area contributed by atoms with Crippen LogP contribution < -0.4 is 5.73 Å². The van der Waals surface area contributed by atoms with Gasteiger partial charge in [0, 0.05) is 25.2 Å². The fourth-order valence-corrected chi connectivity index (χ4v) is 3.42. The van der Waals surface area contributed by atoms with Crippen molar-refractivity contribution >= 4 is 24.0 Å². The van der Waals surface area contributed by atoms with E-state index in [0.717, 1.165) is 50.2 Å². The number of hydrogen-bond donors (Lipinski definition) is 1. The van der Waals surface area contributed by atoms with Crippen LogP contribution in [0.3, 0.4) is 0 Å². The minimum absolute atomic E-state index is 0. The van der Waals surface area contributed by atoms with Crippen LogP contribution in [0.5, 0.6) is 0 Å². The van der Waals surface area contributed by atoms with Gasteiger partial charge in [-0.3, -0.25) is 4.79 Å². The molecule has 1 fully saturated rings. The molecule has 1 heterocycles. The third-order valence-electron chi connectivity index (χ3n) is 5.05. The highest BCUT2D eigenvalue weighted by atomic mass is 35.5. The second-order valence-corrected chi connectivity index (χ2v) is 6.89. The second kappa shape index (κ2) is 11.0. The Morgan fingerprint density at radius 2 is 1.67 bits per heavy atom. The summed E-state index contributed by atoms with van der Waals surface area (Å²) in [6.45, 7) is 2.33. The number of nitrogens with zero attached hydrogens (tertiary/aromatic N) is 1. The summed E-state index contributed by atoms with van der Waals surface area (Å²) in [5, 5.41) is 0. The van der Waals surface area contributed by atoms with Crippen LogP contribution >= 0.6 is 12.4 Å². The fourth-order valence-electron chi connectivity index (χ4n) is 3.42. The van der Waals surface area contributed by atoms with E-state index in [1.807, 2.05) is 35.2 Å². The molecule has 0 aromatic heterocycles. The van der Waals surface area contributed by atoms with E-state index >= 15 is 0 Å². The summed E-state index contributed by atoms with van der Waals surface area (Å²) in [5.41, 5.74) is 9.08. The molecular formula is C22H29ClN2O2. The molecule has 0 radical (unpaired) electrons. The van der Waals surface area contributed by atoms with Crippen molar-refractivity contribution in [2.24, 2.45) is 0 Å². The zero-order valence-electron chi connectivity index (χ0n) is 15.7. The van der Waals surface area contributed by atoms with Crippen molar-refractivity contribution in [1.29, 1.82) is 0 Å². The van der Waals surface area contributed by atoms with Crippen LogP contribution in [-0.4, -0.2) is 36.6 Å². The molecule has 0 spiro atoms. The molecule has 0 saturated carbocycles. The topological polar surface area (TPSA) is 55.6 Å². The van der Waals surface area contributed by atoms with Crippen molar-refractivity contribution in [1.82, 2.24) is 4.90 Å². The number of likely N-dealkylation sites (tertiary alicyclic amines) is 1. The van der Waals surface area contributed by atoms with Crippen molar-refractivity contribution in [3.8, 4) is 0 Å². The van der Waals surface area contributed by atoms with E-state index in [2.05, 4.69) is 24.3 Å². The van der Waals surface area contributed by atoms with Gasteiger partial charge < -0.3 is 15.4 Å². The predicted molar refractivity (Wildman–Crippen MR) is 112 cm³/mol. The number of carbonyl (C=O) groups excluding carboxylic acids is 1. The lowest BCUT2D eigenvalue weighted by Gasteiger charge is -2.32. The Labute approximate surface area is 168 Å². The average Bonchev–Trinajstić information content (AvgIpc) is 2.68. The predicted octanol–water partition coefficient (Wildman–Crippen LogP) is 3.87. The zero-order chi connectivity index (χ0) is 18.2. The quantitative estimate of drug-likeness (QED) is 0.732. The van der Waals surface area contributed by atoms with Gasteiger partial charge in [-0.1, -0.05) is 48.5 Å². The van der Waals surface area contributed by atoms with Gasteiger partial charge in [-0.15, -0.1) is 12.4 Å². The molecule has 1 aliphatic heterocycles. The number of anilines is 1. The number of carbonyl (C=O) groups is 1. The first kappa shape index (κ1) is 21.3. The molecule has 27 heavy (non-hydrogen) atoms. The van der Waals surface area contributed by atoms with Gasteiger partial charge in [0.25, 0.3) is 0 Å². The largest absolute Gasteiger partial charge is 0.399 e. The summed E-state index contributed by atoms with van der Waals surface area (Å²) < 4.78 is 6.01. The lowest BCUT2D eigenvalue weighted by atomic mass is 10.0. The number of halogens is 1. The first-order chi connectivity index (χ1) is 12.7. The van der Waals surface area contributed by atoms with Gasteiger partial charge in [-0.05, 0) is 42.9 Å². The standard InChI is InChI=1S/C22H28N2O2.ClH/c23-21-9-5-4-8-19(21)10-11-22(25)24-15-12-20(13-16-24)26-17-14-18-6-2-1-3-7-18;/h1-9,20H,10-17,23H2;1H. The number of benzene rings is 2. The molecule has 146 valence electrons. The van der Waals surface area contributed by atoms with Crippen LogP contribution in [-0.2, 0) is 22.4 Å². The third kappa shape index (κ3) is 6.56. The van der Waals surface area contributed by atoms with E-state index in [1.54, 1.807) is 0 Å². The van der Waals surface area contributed by atoms with Crippen molar-refractivity contribution in [2.45, 2.75) is 38.2 Å². The number of aryl methyl sites for hydroxylation is 1. The highest BCUT2D eigenvalue weighted by Crippen LogP contribution is 2.17. The summed E-state index contributed by atoms with van der Waals surface area (Å²) in [7, 11) is 0. The van der Waals surface area contributed by atoms with E-state index in [4.69, 9.17) is 10.5 Å². The molecule has 2 N–H and O–H groups in total.